The molecule has 1 amide bonds. The molecule has 1 N–H and O–H groups in total. The average Bonchev–Trinajstić information content (AvgIpc) is 2.56. The Hall–Kier alpha value is -2.76. The van der Waals surface area contributed by atoms with Gasteiger partial charge in [0, 0.05) is 11.9 Å². The SMILES string of the molecule is COC(=O)c1ccc(C2(C(=O)Nc3ccc(F)cc3)CCC2)cn1. The van der Waals surface area contributed by atoms with Crippen LogP contribution in [0.15, 0.2) is 42.6 Å². The van der Waals surface area contributed by atoms with E-state index in [2.05, 4.69) is 15.0 Å². The van der Waals surface area contributed by atoms with Gasteiger partial charge in [-0.05, 0) is 48.7 Å². The molecule has 24 heavy (non-hydrogen) atoms. The quantitative estimate of drug-likeness (QED) is 0.876. The van der Waals surface area contributed by atoms with Crippen molar-refractivity contribution in [3.8, 4) is 0 Å². The Morgan fingerprint density at radius 3 is 2.38 bits per heavy atom. The van der Waals surface area contributed by atoms with Crippen molar-refractivity contribution < 1.29 is 18.7 Å². The molecule has 0 saturated heterocycles. The number of ether oxygens (including phenoxy) is 1. The number of nitrogens with one attached hydrogen (secondary N) is 1. The van der Waals surface area contributed by atoms with Crippen LogP contribution in [-0.4, -0.2) is 24.0 Å². The summed E-state index contributed by atoms with van der Waals surface area (Å²) >= 11 is 0. The zero-order chi connectivity index (χ0) is 17.2. The summed E-state index contributed by atoms with van der Waals surface area (Å²) in [6.45, 7) is 0. The van der Waals surface area contributed by atoms with Crippen LogP contribution in [0.1, 0.15) is 35.3 Å². The van der Waals surface area contributed by atoms with Crippen molar-refractivity contribution in [2.45, 2.75) is 24.7 Å². The van der Waals surface area contributed by atoms with Gasteiger partial charge in [0.25, 0.3) is 0 Å². The second-order valence-corrected chi connectivity index (χ2v) is 5.82. The van der Waals surface area contributed by atoms with Crippen LogP contribution in [0.2, 0.25) is 0 Å². The van der Waals surface area contributed by atoms with Gasteiger partial charge in [-0.25, -0.2) is 14.2 Å². The molecular formula is C18H17FN2O3. The van der Waals surface area contributed by atoms with E-state index >= 15 is 0 Å². The zero-order valence-corrected chi connectivity index (χ0v) is 13.2. The Kier molecular flexibility index (Phi) is 4.29. The lowest BCUT2D eigenvalue weighted by atomic mass is 9.64. The highest BCUT2D eigenvalue weighted by Gasteiger charge is 2.46. The van der Waals surface area contributed by atoms with Crippen molar-refractivity contribution in [3.05, 3.63) is 59.7 Å². The van der Waals surface area contributed by atoms with Gasteiger partial charge in [-0.1, -0.05) is 12.5 Å². The van der Waals surface area contributed by atoms with Crippen molar-refractivity contribution in [3.63, 3.8) is 0 Å². The molecule has 1 heterocycles. The number of carbonyl (C=O) groups is 2. The summed E-state index contributed by atoms with van der Waals surface area (Å²) in [5.74, 6) is -1.01. The molecule has 1 aliphatic rings. The van der Waals surface area contributed by atoms with E-state index in [0.29, 0.717) is 18.5 Å². The van der Waals surface area contributed by atoms with Gasteiger partial charge in [-0.3, -0.25) is 4.79 Å². The summed E-state index contributed by atoms with van der Waals surface area (Å²) in [5.41, 5.74) is 0.859. The maximum Gasteiger partial charge on any atom is 0.356 e. The molecule has 0 unspecified atom stereocenters. The highest BCUT2D eigenvalue weighted by Crippen LogP contribution is 2.44. The standard InChI is InChI=1S/C18H17FN2O3/c1-24-16(22)15-8-3-12(11-20-15)18(9-2-10-18)17(23)21-14-6-4-13(19)5-7-14/h3-8,11H,2,9-10H2,1H3,(H,21,23). The molecule has 6 heteroatoms. The van der Waals surface area contributed by atoms with Gasteiger partial charge in [-0.2, -0.15) is 0 Å². The first-order chi connectivity index (χ1) is 11.5. The molecule has 1 aromatic carbocycles. The molecule has 3 rings (SSSR count). The van der Waals surface area contributed by atoms with E-state index < -0.39 is 11.4 Å². The van der Waals surface area contributed by atoms with Crippen molar-refractivity contribution in [2.24, 2.45) is 0 Å². The van der Waals surface area contributed by atoms with E-state index in [1.165, 1.54) is 31.4 Å². The third-order valence-electron chi connectivity index (χ3n) is 4.45. The minimum atomic E-state index is -0.657. The van der Waals surface area contributed by atoms with Crippen LogP contribution in [0.4, 0.5) is 10.1 Å². The number of halogens is 1. The number of carbonyl (C=O) groups excluding carboxylic acids is 2. The average molecular weight is 328 g/mol. The highest BCUT2D eigenvalue weighted by molar-refractivity contribution is 6.00. The predicted octanol–water partition coefficient (Wildman–Crippen LogP) is 3.07. The van der Waals surface area contributed by atoms with E-state index in [-0.39, 0.29) is 17.4 Å². The maximum absolute atomic E-state index is 13.0. The van der Waals surface area contributed by atoms with Crippen LogP contribution in [0.3, 0.4) is 0 Å². The molecule has 0 atom stereocenters. The largest absolute Gasteiger partial charge is 0.464 e. The molecular weight excluding hydrogens is 311 g/mol. The Balaban J connectivity index is 1.82. The second-order valence-electron chi connectivity index (χ2n) is 5.82. The first-order valence-electron chi connectivity index (χ1n) is 7.67. The summed E-state index contributed by atoms with van der Waals surface area (Å²) in [6, 6.07) is 8.96. The van der Waals surface area contributed by atoms with Gasteiger partial charge in [0.05, 0.1) is 12.5 Å². The van der Waals surface area contributed by atoms with Crippen LogP contribution >= 0.6 is 0 Å². The number of hydrogen-bond donors (Lipinski definition) is 1. The maximum atomic E-state index is 13.0. The molecule has 2 aromatic rings. The fourth-order valence-corrected chi connectivity index (χ4v) is 2.86. The monoisotopic (exact) mass is 328 g/mol. The fourth-order valence-electron chi connectivity index (χ4n) is 2.86. The van der Waals surface area contributed by atoms with Crippen LogP contribution in [0.5, 0.6) is 0 Å². The fraction of sp³-hybridized carbons (Fsp3) is 0.278. The molecule has 124 valence electrons. The number of rotatable bonds is 4. The molecule has 0 bridgehead atoms. The van der Waals surface area contributed by atoms with Gasteiger partial charge >= 0.3 is 5.97 Å². The van der Waals surface area contributed by atoms with Crippen LogP contribution in [-0.2, 0) is 14.9 Å². The molecule has 1 aliphatic carbocycles. The Bertz CT molecular complexity index is 753. The zero-order valence-electron chi connectivity index (χ0n) is 13.2. The summed E-state index contributed by atoms with van der Waals surface area (Å²) in [5, 5.41) is 2.83. The van der Waals surface area contributed by atoms with E-state index in [9.17, 15) is 14.0 Å². The van der Waals surface area contributed by atoms with Crippen LogP contribution in [0.25, 0.3) is 0 Å². The Labute approximate surface area is 138 Å². The lowest BCUT2D eigenvalue weighted by Crippen LogP contribution is -2.46. The molecule has 1 aromatic heterocycles. The summed E-state index contributed by atoms with van der Waals surface area (Å²) in [4.78, 5) is 28.3. The third kappa shape index (κ3) is 2.87. The number of pyridine rings is 1. The van der Waals surface area contributed by atoms with E-state index in [0.717, 1.165) is 12.0 Å². The smallest absolute Gasteiger partial charge is 0.356 e. The highest BCUT2D eigenvalue weighted by atomic mass is 19.1. The Morgan fingerprint density at radius 1 is 1.17 bits per heavy atom. The summed E-state index contributed by atoms with van der Waals surface area (Å²) in [7, 11) is 1.29. The van der Waals surface area contributed by atoms with Gasteiger partial charge in [0.2, 0.25) is 5.91 Å². The van der Waals surface area contributed by atoms with Crippen molar-refractivity contribution in [1.29, 1.82) is 0 Å². The van der Waals surface area contributed by atoms with Crippen LogP contribution in [0, 0.1) is 5.82 Å². The lowest BCUT2D eigenvalue weighted by Gasteiger charge is -2.40. The minimum Gasteiger partial charge on any atom is -0.464 e. The first-order valence-corrected chi connectivity index (χ1v) is 7.67. The number of anilines is 1. The predicted molar refractivity (Wildman–Crippen MR) is 86.1 cm³/mol. The number of nitrogens with zero attached hydrogens (tertiary/aromatic N) is 1. The molecule has 5 nitrogen and oxygen atoms in total. The van der Waals surface area contributed by atoms with Crippen LogP contribution < -0.4 is 5.32 Å². The van der Waals surface area contributed by atoms with Crippen molar-refractivity contribution in [2.75, 3.05) is 12.4 Å². The second kappa shape index (κ2) is 6.39. The van der Waals surface area contributed by atoms with Crippen molar-refractivity contribution in [1.82, 2.24) is 4.98 Å². The van der Waals surface area contributed by atoms with E-state index in [4.69, 9.17) is 0 Å². The minimum absolute atomic E-state index is 0.145. The number of esters is 1. The molecule has 0 spiro atoms. The van der Waals surface area contributed by atoms with Gasteiger partial charge in [-0.15, -0.1) is 0 Å². The summed E-state index contributed by atoms with van der Waals surface area (Å²) in [6.07, 6.45) is 3.91. The van der Waals surface area contributed by atoms with Crippen molar-refractivity contribution >= 4 is 17.6 Å². The molecule has 0 radical (unpaired) electrons. The van der Waals surface area contributed by atoms with Gasteiger partial charge in [0.15, 0.2) is 0 Å². The molecule has 1 saturated carbocycles. The molecule has 0 aliphatic heterocycles. The number of hydrogen-bond acceptors (Lipinski definition) is 4. The van der Waals surface area contributed by atoms with Gasteiger partial charge < -0.3 is 10.1 Å². The lowest BCUT2D eigenvalue weighted by molar-refractivity contribution is -0.124. The van der Waals surface area contributed by atoms with E-state index in [1.54, 1.807) is 18.3 Å². The summed E-state index contributed by atoms with van der Waals surface area (Å²) < 4.78 is 17.6. The first kappa shape index (κ1) is 16.1. The molecule has 1 fully saturated rings. The Morgan fingerprint density at radius 2 is 1.88 bits per heavy atom. The number of benzene rings is 1. The normalized spacial score (nSPS) is 15.2. The topological polar surface area (TPSA) is 68.3 Å². The van der Waals surface area contributed by atoms with E-state index in [1.807, 2.05) is 0 Å². The number of methoxy groups -OCH3 is 1. The number of amides is 1. The third-order valence-corrected chi connectivity index (χ3v) is 4.45. The number of aromatic nitrogens is 1. The van der Waals surface area contributed by atoms with Gasteiger partial charge in [0.1, 0.15) is 11.5 Å².